The number of anilines is 2. The van der Waals surface area contributed by atoms with Crippen LogP contribution in [0.3, 0.4) is 0 Å². The molecule has 0 bridgehead atoms. The number of aryl methyl sites for hydroxylation is 2. The number of imidazole rings is 1. The van der Waals surface area contributed by atoms with E-state index in [1.165, 1.54) is 5.56 Å². The molecule has 1 saturated heterocycles. The molecule has 1 fully saturated rings. The number of fused-ring (bicyclic) bond motifs is 1. The Kier molecular flexibility index (Phi) is 6.18. The number of piperidine rings is 1. The highest BCUT2D eigenvalue weighted by molar-refractivity contribution is 5.88. The average molecular weight is 457 g/mol. The molecule has 0 unspecified atom stereocenters. The van der Waals surface area contributed by atoms with Crippen molar-refractivity contribution in [1.82, 2.24) is 24.5 Å². The monoisotopic (exact) mass is 456 g/mol. The van der Waals surface area contributed by atoms with Crippen LogP contribution in [0.4, 0.5) is 11.8 Å². The molecule has 9 nitrogen and oxygen atoms in total. The number of nitrogens with zero attached hydrogens (tertiary/aromatic N) is 7. The lowest BCUT2D eigenvalue weighted by atomic mass is 10.1. The molecule has 1 aliphatic rings. The van der Waals surface area contributed by atoms with Crippen LogP contribution in [0, 0.1) is 6.92 Å². The standard InChI is InChI=1S/C25H28N8O/c1-3-33-22(19-7-11-26-12-8-19)28-21-23(32-13-9-20(34)10-14-32)29-25(30-24(21)33)31-27-16-18-6-4-5-17(2)15-18/h4-8,11-12,15-16,20,34H,3,9-10,13-14H2,1-2H3,(H,29,30,31). The number of hydrazone groups is 1. The maximum Gasteiger partial charge on any atom is 0.247 e. The second kappa shape index (κ2) is 9.56. The van der Waals surface area contributed by atoms with Gasteiger partial charge in [0.2, 0.25) is 5.95 Å². The minimum absolute atomic E-state index is 0.273. The number of aromatic nitrogens is 5. The molecule has 0 aliphatic carbocycles. The van der Waals surface area contributed by atoms with Gasteiger partial charge in [0, 0.05) is 37.6 Å². The Labute approximate surface area is 198 Å². The fourth-order valence-corrected chi connectivity index (χ4v) is 4.27. The zero-order valence-electron chi connectivity index (χ0n) is 19.4. The second-order valence-electron chi connectivity index (χ2n) is 8.46. The van der Waals surface area contributed by atoms with Crippen LogP contribution < -0.4 is 10.3 Å². The van der Waals surface area contributed by atoms with Crippen LogP contribution in [0.2, 0.25) is 0 Å². The number of aliphatic hydroxyl groups is 1. The van der Waals surface area contributed by atoms with E-state index in [2.05, 4.69) is 51.0 Å². The number of benzene rings is 1. The Morgan fingerprint density at radius 1 is 1.12 bits per heavy atom. The molecule has 2 N–H and O–H groups in total. The summed E-state index contributed by atoms with van der Waals surface area (Å²) in [6.07, 6.45) is 6.42. The maximum atomic E-state index is 10.0. The largest absolute Gasteiger partial charge is 0.393 e. The minimum Gasteiger partial charge on any atom is -0.393 e. The minimum atomic E-state index is -0.273. The molecule has 3 aromatic heterocycles. The van der Waals surface area contributed by atoms with Crippen LogP contribution >= 0.6 is 0 Å². The lowest BCUT2D eigenvalue weighted by molar-refractivity contribution is 0.145. The summed E-state index contributed by atoms with van der Waals surface area (Å²) in [5, 5.41) is 14.4. The quantitative estimate of drug-likeness (QED) is 0.337. The fraction of sp³-hybridized carbons (Fsp3) is 0.320. The summed E-state index contributed by atoms with van der Waals surface area (Å²) in [4.78, 5) is 20.9. The number of nitrogens with one attached hydrogen (secondary N) is 1. The van der Waals surface area contributed by atoms with Gasteiger partial charge in [-0.05, 0) is 44.4 Å². The number of hydrogen-bond donors (Lipinski definition) is 2. The van der Waals surface area contributed by atoms with Gasteiger partial charge in [-0.25, -0.2) is 10.4 Å². The molecular formula is C25H28N8O. The van der Waals surface area contributed by atoms with Gasteiger partial charge in [0.05, 0.1) is 12.3 Å². The molecule has 1 aliphatic heterocycles. The lowest BCUT2D eigenvalue weighted by Crippen LogP contribution is -2.36. The first kappa shape index (κ1) is 22.0. The molecule has 5 rings (SSSR count). The van der Waals surface area contributed by atoms with Gasteiger partial charge >= 0.3 is 0 Å². The van der Waals surface area contributed by atoms with E-state index in [-0.39, 0.29) is 6.10 Å². The van der Waals surface area contributed by atoms with E-state index in [0.717, 1.165) is 33.9 Å². The predicted octanol–water partition coefficient (Wildman–Crippen LogP) is 3.62. The molecule has 9 heteroatoms. The Morgan fingerprint density at radius 2 is 1.91 bits per heavy atom. The maximum absolute atomic E-state index is 10.0. The van der Waals surface area contributed by atoms with Crippen molar-refractivity contribution in [2.45, 2.75) is 39.3 Å². The molecular weight excluding hydrogens is 428 g/mol. The average Bonchev–Trinajstić information content (AvgIpc) is 3.23. The molecule has 34 heavy (non-hydrogen) atoms. The zero-order chi connectivity index (χ0) is 23.5. The van der Waals surface area contributed by atoms with Gasteiger partial charge in [0.1, 0.15) is 5.82 Å². The van der Waals surface area contributed by atoms with Gasteiger partial charge in [-0.2, -0.15) is 15.1 Å². The molecule has 1 aromatic carbocycles. The number of rotatable bonds is 6. The van der Waals surface area contributed by atoms with Gasteiger partial charge in [-0.15, -0.1) is 0 Å². The van der Waals surface area contributed by atoms with E-state index >= 15 is 0 Å². The van der Waals surface area contributed by atoms with Gasteiger partial charge in [0.15, 0.2) is 17.0 Å². The molecule has 0 saturated carbocycles. The molecule has 0 atom stereocenters. The van der Waals surface area contributed by atoms with Crippen LogP contribution in [0.5, 0.6) is 0 Å². The van der Waals surface area contributed by atoms with Gasteiger partial charge < -0.3 is 14.6 Å². The van der Waals surface area contributed by atoms with Crippen molar-refractivity contribution in [3.63, 3.8) is 0 Å². The van der Waals surface area contributed by atoms with Crippen LogP contribution in [0.15, 0.2) is 53.9 Å². The van der Waals surface area contributed by atoms with Crippen molar-refractivity contribution in [3.05, 3.63) is 59.9 Å². The van der Waals surface area contributed by atoms with Gasteiger partial charge in [-0.3, -0.25) is 4.98 Å². The Morgan fingerprint density at radius 3 is 2.65 bits per heavy atom. The van der Waals surface area contributed by atoms with E-state index in [1.54, 1.807) is 18.6 Å². The number of pyridine rings is 1. The van der Waals surface area contributed by atoms with Crippen LogP contribution in [0.1, 0.15) is 30.9 Å². The molecule has 0 spiro atoms. The van der Waals surface area contributed by atoms with Gasteiger partial charge in [0.25, 0.3) is 0 Å². The van der Waals surface area contributed by atoms with Crippen molar-refractivity contribution in [2.75, 3.05) is 23.4 Å². The van der Waals surface area contributed by atoms with Crippen molar-refractivity contribution in [3.8, 4) is 11.4 Å². The summed E-state index contributed by atoms with van der Waals surface area (Å²) in [7, 11) is 0. The number of aliphatic hydroxyl groups excluding tert-OH is 1. The van der Waals surface area contributed by atoms with Crippen LogP contribution in [-0.2, 0) is 6.54 Å². The van der Waals surface area contributed by atoms with E-state index in [4.69, 9.17) is 15.0 Å². The first-order valence-electron chi connectivity index (χ1n) is 11.6. The molecule has 0 amide bonds. The number of hydrogen-bond acceptors (Lipinski definition) is 8. The highest BCUT2D eigenvalue weighted by Crippen LogP contribution is 2.31. The normalized spacial score (nSPS) is 14.9. The topological polar surface area (TPSA) is 104 Å². The first-order chi connectivity index (χ1) is 16.6. The Hall–Kier alpha value is -3.85. The SMILES string of the molecule is CCn1c(-c2ccncc2)nc2c(N3CCC(O)CC3)nc(NN=Cc3cccc(C)c3)nc21. The van der Waals surface area contributed by atoms with Crippen LogP contribution in [-0.4, -0.2) is 55.0 Å². The van der Waals surface area contributed by atoms with Crippen LogP contribution in [0.25, 0.3) is 22.6 Å². The Balaban J connectivity index is 1.57. The molecule has 174 valence electrons. The third kappa shape index (κ3) is 4.47. The van der Waals surface area contributed by atoms with E-state index < -0.39 is 0 Å². The fourth-order valence-electron chi connectivity index (χ4n) is 4.27. The summed E-state index contributed by atoms with van der Waals surface area (Å²) in [5.74, 6) is 1.99. The first-order valence-corrected chi connectivity index (χ1v) is 11.6. The van der Waals surface area contributed by atoms with Crippen molar-refractivity contribution >= 4 is 29.1 Å². The van der Waals surface area contributed by atoms with Crippen molar-refractivity contribution < 1.29 is 5.11 Å². The van der Waals surface area contributed by atoms with Gasteiger partial charge in [-0.1, -0.05) is 29.8 Å². The van der Waals surface area contributed by atoms with E-state index in [1.807, 2.05) is 24.3 Å². The summed E-state index contributed by atoms with van der Waals surface area (Å²) in [6, 6.07) is 12.0. The van der Waals surface area contributed by atoms with E-state index in [9.17, 15) is 5.11 Å². The third-order valence-electron chi connectivity index (χ3n) is 6.02. The summed E-state index contributed by atoms with van der Waals surface area (Å²) >= 11 is 0. The summed E-state index contributed by atoms with van der Waals surface area (Å²) in [5.41, 5.74) is 7.65. The Bertz CT molecular complexity index is 1310. The van der Waals surface area contributed by atoms with Crippen molar-refractivity contribution in [2.24, 2.45) is 5.10 Å². The zero-order valence-corrected chi connectivity index (χ0v) is 19.4. The van der Waals surface area contributed by atoms with E-state index in [0.29, 0.717) is 38.4 Å². The predicted molar refractivity (Wildman–Crippen MR) is 134 cm³/mol. The van der Waals surface area contributed by atoms with Crippen molar-refractivity contribution in [1.29, 1.82) is 0 Å². The second-order valence-corrected chi connectivity index (χ2v) is 8.46. The molecule has 4 heterocycles. The highest BCUT2D eigenvalue weighted by Gasteiger charge is 2.25. The molecule has 0 radical (unpaired) electrons. The lowest BCUT2D eigenvalue weighted by Gasteiger charge is -2.30. The summed E-state index contributed by atoms with van der Waals surface area (Å²) < 4.78 is 2.09. The smallest absolute Gasteiger partial charge is 0.247 e. The highest BCUT2D eigenvalue weighted by atomic mass is 16.3. The third-order valence-corrected chi connectivity index (χ3v) is 6.02. The molecule has 4 aromatic rings. The summed E-state index contributed by atoms with van der Waals surface area (Å²) in [6.45, 7) is 6.25.